The number of rotatable bonds is 9. The van der Waals surface area contributed by atoms with Gasteiger partial charge in [-0.2, -0.15) is 0 Å². The number of aliphatic imine (C=N–C) groups is 1. The molecule has 67 heavy (non-hydrogen) atoms. The minimum Gasteiger partial charge on any atom is -0.282 e. The zero-order valence-electron chi connectivity index (χ0n) is 41.9. The molecule has 5 aromatic carbocycles. The molecular weight excluding hydrogens is 813 g/mol. The summed E-state index contributed by atoms with van der Waals surface area (Å²) in [5.74, 6) is 7.84. The SMILES string of the molecule is CC(C)CCC[C@@H](C)[C@H]1CC[C@H]2[C@@H]3CC[C@H]4CC(c5ccc(C(=NC(=N)c6ccccc6)N(C)n6c7ccccc7c7cc8c(cc76)-c6ccccc6C8(C)C)cc5)CC[C@]4(C)[C@H]3CC[C@]12C. The van der Waals surface area contributed by atoms with E-state index >= 15 is 0 Å². The summed E-state index contributed by atoms with van der Waals surface area (Å²) in [6, 6.07) is 42.0. The summed E-state index contributed by atoms with van der Waals surface area (Å²) >= 11 is 0. The third-order valence-corrected chi connectivity index (χ3v) is 19.7. The van der Waals surface area contributed by atoms with Crippen LogP contribution >= 0.6 is 0 Å². The number of hydrogen-bond donors (Lipinski definition) is 1. The molecule has 6 aromatic rings. The summed E-state index contributed by atoms with van der Waals surface area (Å²) in [6.45, 7) is 17.6. The van der Waals surface area contributed by atoms with Crippen molar-refractivity contribution >= 4 is 33.5 Å². The Morgan fingerprint density at radius 3 is 2.18 bits per heavy atom. The molecule has 0 aliphatic heterocycles. The van der Waals surface area contributed by atoms with Gasteiger partial charge in [0.05, 0.1) is 11.0 Å². The Morgan fingerprint density at radius 2 is 1.39 bits per heavy atom. The summed E-state index contributed by atoms with van der Waals surface area (Å²) in [6.07, 6.45) is 17.0. The molecule has 5 aliphatic carbocycles. The van der Waals surface area contributed by atoms with Crippen LogP contribution in [0.15, 0.2) is 120 Å². The highest BCUT2D eigenvalue weighted by molar-refractivity contribution is 6.17. The van der Waals surface area contributed by atoms with E-state index in [-0.39, 0.29) is 11.3 Å². The second-order valence-electron chi connectivity index (χ2n) is 23.9. The minimum absolute atomic E-state index is 0.0898. The molecule has 4 fully saturated rings. The molecule has 1 N–H and O–H groups in total. The number of amidine groups is 2. The highest BCUT2D eigenvalue weighted by Gasteiger charge is 2.60. The van der Waals surface area contributed by atoms with Crippen molar-refractivity contribution in [1.82, 2.24) is 4.68 Å². The molecule has 4 saturated carbocycles. The highest BCUT2D eigenvalue weighted by atomic mass is 15.6. The lowest BCUT2D eigenvalue weighted by Gasteiger charge is -2.61. The first-order valence-electron chi connectivity index (χ1n) is 26.5. The fraction of sp³-hybridized carbons (Fsp3) is 0.492. The molecule has 348 valence electrons. The summed E-state index contributed by atoms with van der Waals surface area (Å²) in [4.78, 5) is 5.23. The van der Waals surface area contributed by atoms with Gasteiger partial charge < -0.3 is 0 Å². The summed E-state index contributed by atoms with van der Waals surface area (Å²) < 4.78 is 2.34. The zero-order valence-corrected chi connectivity index (χ0v) is 41.9. The minimum atomic E-state index is -0.0898. The van der Waals surface area contributed by atoms with Crippen molar-refractivity contribution in [3.05, 3.63) is 143 Å². The van der Waals surface area contributed by atoms with Gasteiger partial charge in [-0.3, -0.25) is 15.1 Å². The topological polar surface area (TPSA) is 44.4 Å². The molecule has 11 rings (SSSR count). The Kier molecular flexibility index (Phi) is 11.2. The number of para-hydroxylation sites is 1. The first-order valence-corrected chi connectivity index (χ1v) is 26.5. The van der Waals surface area contributed by atoms with Crippen molar-refractivity contribution in [1.29, 1.82) is 5.41 Å². The standard InChI is InChI=1S/C63H76N4/c1-40(2)17-16-18-41(3)52-31-32-54-49-30-29-46-37-45(33-35-62(46,6)55(49)34-36-63(52,54)7)42-25-27-44(28-26-42)60(65-59(64)43-19-10-9-11-20-43)66(8)67-57-24-15-13-22-48(57)51-38-56-50(39-58(51)67)47-21-12-14-23-53(47)61(56,4)5/h9-15,19-28,38-41,45-46,49,52,54-55,64H,16-18,29-37H2,1-8H3/t41-,45?,46+,49+,52-,54+,55+,62+,63-/m1/s1. The van der Waals surface area contributed by atoms with Crippen molar-refractivity contribution in [2.75, 3.05) is 12.1 Å². The summed E-state index contributed by atoms with van der Waals surface area (Å²) in [7, 11) is 2.13. The smallest absolute Gasteiger partial charge is 0.157 e. The predicted octanol–water partition coefficient (Wildman–Crippen LogP) is 16.3. The van der Waals surface area contributed by atoms with E-state index in [1.165, 1.54) is 116 Å². The van der Waals surface area contributed by atoms with Gasteiger partial charge in [0.15, 0.2) is 11.7 Å². The van der Waals surface area contributed by atoms with Crippen molar-refractivity contribution in [2.45, 2.75) is 137 Å². The van der Waals surface area contributed by atoms with Gasteiger partial charge in [0, 0.05) is 34.4 Å². The van der Waals surface area contributed by atoms with Crippen molar-refractivity contribution in [3.8, 4) is 11.1 Å². The van der Waals surface area contributed by atoms with Gasteiger partial charge >= 0.3 is 0 Å². The number of hydrogen-bond acceptors (Lipinski definition) is 1. The van der Waals surface area contributed by atoms with Crippen LogP contribution in [0.5, 0.6) is 0 Å². The molecule has 0 spiro atoms. The van der Waals surface area contributed by atoms with Crippen molar-refractivity contribution < 1.29 is 0 Å². The first-order chi connectivity index (χ1) is 32.3. The van der Waals surface area contributed by atoms with Gasteiger partial charge in [-0.1, -0.05) is 165 Å². The van der Waals surface area contributed by atoms with Crippen molar-refractivity contribution in [3.63, 3.8) is 0 Å². The third kappa shape index (κ3) is 7.27. The fourth-order valence-electron chi connectivity index (χ4n) is 16.1. The molecule has 0 radical (unpaired) electrons. The van der Waals surface area contributed by atoms with E-state index in [1.54, 1.807) is 0 Å². The van der Waals surface area contributed by atoms with Crippen LogP contribution in [0, 0.1) is 57.7 Å². The Morgan fingerprint density at radius 1 is 0.672 bits per heavy atom. The number of nitrogens with zero attached hydrogens (tertiary/aromatic N) is 3. The van der Waals surface area contributed by atoms with Crippen LogP contribution < -0.4 is 5.01 Å². The molecule has 1 heterocycles. The lowest BCUT2D eigenvalue weighted by molar-refractivity contribution is -0.117. The molecule has 4 heteroatoms. The van der Waals surface area contributed by atoms with Crippen LogP contribution in [0.2, 0.25) is 0 Å². The first kappa shape index (κ1) is 44.5. The highest BCUT2D eigenvalue weighted by Crippen LogP contribution is 2.69. The Bertz CT molecular complexity index is 2840. The second-order valence-corrected chi connectivity index (χ2v) is 23.9. The Hall–Kier alpha value is -4.96. The zero-order chi connectivity index (χ0) is 46.4. The molecule has 5 aliphatic rings. The van der Waals surface area contributed by atoms with Gasteiger partial charge in [0.1, 0.15) is 0 Å². The molecule has 0 bridgehead atoms. The van der Waals surface area contributed by atoms with E-state index in [1.807, 2.05) is 30.3 Å². The molecule has 0 amide bonds. The molecule has 1 aromatic heterocycles. The van der Waals surface area contributed by atoms with E-state index in [4.69, 9.17) is 4.99 Å². The van der Waals surface area contributed by atoms with E-state index in [9.17, 15) is 5.41 Å². The Labute approximate surface area is 402 Å². The van der Waals surface area contributed by atoms with Gasteiger partial charge in [-0.05, 0) is 162 Å². The average molecular weight is 889 g/mol. The van der Waals surface area contributed by atoms with E-state index in [0.717, 1.165) is 69.4 Å². The van der Waals surface area contributed by atoms with Crippen LogP contribution in [0.3, 0.4) is 0 Å². The van der Waals surface area contributed by atoms with Gasteiger partial charge in [-0.25, -0.2) is 4.99 Å². The van der Waals surface area contributed by atoms with Crippen molar-refractivity contribution in [2.24, 2.45) is 57.2 Å². The number of benzene rings is 5. The average Bonchev–Trinajstić information content (AvgIpc) is 3.94. The van der Waals surface area contributed by atoms with E-state index in [2.05, 4.69) is 150 Å². The van der Waals surface area contributed by atoms with Crippen LogP contribution in [0.1, 0.15) is 159 Å². The summed E-state index contributed by atoms with van der Waals surface area (Å²) in [5.41, 5.74) is 11.9. The van der Waals surface area contributed by atoms with Gasteiger partial charge in [-0.15, -0.1) is 0 Å². The third-order valence-electron chi connectivity index (χ3n) is 19.7. The molecule has 1 unspecified atom stereocenters. The maximum absolute atomic E-state index is 9.34. The number of fused-ring (bicyclic) bond motifs is 11. The molecular formula is C63H76N4. The monoisotopic (exact) mass is 889 g/mol. The largest absolute Gasteiger partial charge is 0.282 e. The maximum atomic E-state index is 9.34. The lowest BCUT2D eigenvalue weighted by atomic mass is 9.43. The van der Waals surface area contributed by atoms with Crippen LogP contribution in [-0.4, -0.2) is 23.4 Å². The van der Waals surface area contributed by atoms with Crippen LogP contribution in [-0.2, 0) is 5.41 Å². The second kappa shape index (κ2) is 16.9. The quantitative estimate of drug-likeness (QED) is 0.114. The summed E-state index contributed by atoms with van der Waals surface area (Å²) in [5, 5.41) is 14.0. The number of aromatic nitrogens is 1. The lowest BCUT2D eigenvalue weighted by Crippen LogP contribution is -2.53. The van der Waals surface area contributed by atoms with E-state index < -0.39 is 0 Å². The van der Waals surface area contributed by atoms with Gasteiger partial charge in [0.2, 0.25) is 0 Å². The molecule has 0 saturated heterocycles. The number of nitrogens with one attached hydrogen (secondary N) is 1. The molecule has 9 atom stereocenters. The van der Waals surface area contributed by atoms with E-state index in [0.29, 0.717) is 16.7 Å². The van der Waals surface area contributed by atoms with Crippen LogP contribution in [0.4, 0.5) is 0 Å². The van der Waals surface area contributed by atoms with Gasteiger partial charge in [0.25, 0.3) is 0 Å². The Balaban J connectivity index is 0.877. The molecule has 4 nitrogen and oxygen atoms in total. The normalized spacial score (nSPS) is 29.0. The van der Waals surface area contributed by atoms with Crippen LogP contribution in [0.25, 0.3) is 32.9 Å². The fourth-order valence-corrected chi connectivity index (χ4v) is 16.1. The maximum Gasteiger partial charge on any atom is 0.157 e. The predicted molar refractivity (Wildman–Crippen MR) is 283 cm³/mol.